The van der Waals surface area contributed by atoms with E-state index in [9.17, 15) is 14.7 Å². The van der Waals surface area contributed by atoms with Crippen molar-refractivity contribution in [3.05, 3.63) is 86.6 Å². The minimum Gasteiger partial charge on any atom is -0.507 e. The van der Waals surface area contributed by atoms with Crippen LogP contribution in [0.3, 0.4) is 0 Å². The summed E-state index contributed by atoms with van der Waals surface area (Å²) in [6.45, 7) is 3.58. The van der Waals surface area contributed by atoms with Gasteiger partial charge in [0.2, 0.25) is 0 Å². The van der Waals surface area contributed by atoms with Crippen molar-refractivity contribution in [3.63, 3.8) is 0 Å². The fraction of sp³-hybridized carbons (Fsp3) is 0.136. The maximum absolute atomic E-state index is 13.0. The molecule has 30 heavy (non-hydrogen) atoms. The number of benzene rings is 2. The van der Waals surface area contributed by atoms with Crippen LogP contribution in [0.25, 0.3) is 5.76 Å². The first-order chi connectivity index (χ1) is 14.3. The maximum Gasteiger partial charge on any atom is 0.301 e. The van der Waals surface area contributed by atoms with Crippen molar-refractivity contribution in [3.8, 4) is 0 Å². The molecule has 1 saturated heterocycles. The molecule has 1 aromatic heterocycles. The van der Waals surface area contributed by atoms with Gasteiger partial charge in [0.1, 0.15) is 11.5 Å². The monoisotopic (exact) mass is 442 g/mol. The molecule has 6 nitrogen and oxygen atoms in total. The maximum atomic E-state index is 13.0. The van der Waals surface area contributed by atoms with Crippen molar-refractivity contribution in [2.75, 3.05) is 4.90 Å². The molecular formula is C22H16Cl2N2O4. The molecule has 0 bridgehead atoms. The molecule has 1 aliphatic rings. The molecule has 8 heteroatoms. The highest BCUT2D eigenvalue weighted by atomic mass is 35.5. The number of hydrogen-bond donors (Lipinski definition) is 1. The van der Waals surface area contributed by atoms with E-state index in [4.69, 9.17) is 27.7 Å². The third kappa shape index (κ3) is 3.38. The second-order valence-electron chi connectivity index (χ2n) is 7.00. The smallest absolute Gasteiger partial charge is 0.301 e. The molecule has 1 atom stereocenters. The summed E-state index contributed by atoms with van der Waals surface area (Å²) in [6, 6.07) is 12.3. The van der Waals surface area contributed by atoms with Crippen molar-refractivity contribution in [1.82, 2.24) is 5.16 Å². The van der Waals surface area contributed by atoms with E-state index in [0.29, 0.717) is 21.9 Å². The first-order valence-electron chi connectivity index (χ1n) is 9.04. The number of aryl methyl sites for hydroxylation is 2. The van der Waals surface area contributed by atoms with E-state index in [2.05, 4.69) is 5.16 Å². The number of ketones is 1. The number of Topliss-reactive ketones (excluding diaryl/α,β-unsaturated/α-hetero) is 1. The number of hydrogen-bond acceptors (Lipinski definition) is 5. The lowest BCUT2D eigenvalue weighted by Crippen LogP contribution is -2.29. The van der Waals surface area contributed by atoms with Gasteiger partial charge in [0.15, 0.2) is 5.82 Å². The third-order valence-electron chi connectivity index (χ3n) is 4.89. The lowest BCUT2D eigenvalue weighted by atomic mass is 9.95. The van der Waals surface area contributed by atoms with Gasteiger partial charge in [0.05, 0.1) is 21.7 Å². The number of anilines is 1. The zero-order valence-corrected chi connectivity index (χ0v) is 17.5. The van der Waals surface area contributed by atoms with E-state index in [0.717, 1.165) is 5.56 Å². The summed E-state index contributed by atoms with van der Waals surface area (Å²) < 4.78 is 5.10. The summed E-state index contributed by atoms with van der Waals surface area (Å²) in [6.07, 6.45) is 0. The van der Waals surface area contributed by atoms with Crippen LogP contribution in [0, 0.1) is 13.8 Å². The number of carbonyl (C=O) groups is 2. The molecule has 0 radical (unpaired) electrons. The minimum absolute atomic E-state index is 0.0668. The molecule has 3 aromatic rings. The lowest BCUT2D eigenvalue weighted by Gasteiger charge is -2.23. The summed E-state index contributed by atoms with van der Waals surface area (Å²) in [5.41, 5.74) is 1.84. The van der Waals surface area contributed by atoms with Gasteiger partial charge in [-0.3, -0.25) is 14.5 Å². The van der Waals surface area contributed by atoms with Crippen LogP contribution in [0.15, 0.2) is 58.6 Å². The predicted molar refractivity (Wildman–Crippen MR) is 114 cm³/mol. The molecule has 0 spiro atoms. The van der Waals surface area contributed by atoms with Crippen LogP contribution in [-0.4, -0.2) is 22.0 Å². The highest BCUT2D eigenvalue weighted by Gasteiger charge is 2.48. The molecular weight excluding hydrogens is 427 g/mol. The van der Waals surface area contributed by atoms with E-state index in [1.807, 2.05) is 6.92 Å². The van der Waals surface area contributed by atoms with Gasteiger partial charge in [-0.15, -0.1) is 0 Å². The Balaban J connectivity index is 1.96. The van der Waals surface area contributed by atoms with Gasteiger partial charge < -0.3 is 9.63 Å². The molecule has 1 amide bonds. The summed E-state index contributed by atoms with van der Waals surface area (Å²) in [5, 5.41) is 15.5. The molecule has 0 saturated carbocycles. The second kappa shape index (κ2) is 7.63. The lowest BCUT2D eigenvalue weighted by molar-refractivity contribution is -0.132. The van der Waals surface area contributed by atoms with E-state index >= 15 is 0 Å². The van der Waals surface area contributed by atoms with Crippen molar-refractivity contribution in [1.29, 1.82) is 0 Å². The molecule has 1 N–H and O–H groups in total. The van der Waals surface area contributed by atoms with Gasteiger partial charge in [-0.05, 0) is 31.5 Å². The van der Waals surface area contributed by atoms with E-state index in [1.54, 1.807) is 55.5 Å². The number of aliphatic hydroxyl groups is 1. The Morgan fingerprint density at radius 2 is 1.73 bits per heavy atom. The Morgan fingerprint density at radius 1 is 1.03 bits per heavy atom. The summed E-state index contributed by atoms with van der Waals surface area (Å²) >= 11 is 12.2. The van der Waals surface area contributed by atoms with Gasteiger partial charge in [0.25, 0.3) is 5.78 Å². The fourth-order valence-corrected chi connectivity index (χ4v) is 3.71. The van der Waals surface area contributed by atoms with Crippen molar-refractivity contribution in [2.24, 2.45) is 0 Å². The number of amides is 1. The predicted octanol–water partition coefficient (Wildman–Crippen LogP) is 5.22. The Bertz CT molecular complexity index is 1200. The number of aromatic nitrogens is 1. The standard InChI is InChI=1S/C22H16Cl2N2O4/c1-11-3-5-13(6-4-11)20(27)18-19(14-7-8-15(23)16(24)10-14)26(22(29)21(18)28)17-9-12(2)30-25-17/h3-10,19,27H,1-2H3/t19-/m1/s1. The largest absolute Gasteiger partial charge is 0.507 e. The summed E-state index contributed by atoms with van der Waals surface area (Å²) in [7, 11) is 0. The first kappa shape index (κ1) is 20.2. The average molecular weight is 443 g/mol. The number of aliphatic hydroxyl groups excluding tert-OH is 1. The number of carbonyl (C=O) groups excluding carboxylic acids is 2. The molecule has 0 aliphatic carbocycles. The molecule has 1 aliphatic heterocycles. The number of nitrogens with zero attached hydrogens (tertiary/aromatic N) is 2. The Morgan fingerprint density at radius 3 is 2.33 bits per heavy atom. The molecule has 152 valence electrons. The van der Waals surface area contributed by atoms with Crippen molar-refractivity contribution in [2.45, 2.75) is 19.9 Å². The Labute approximate surface area is 182 Å². The van der Waals surface area contributed by atoms with E-state index in [-0.39, 0.29) is 22.2 Å². The topological polar surface area (TPSA) is 83.6 Å². The van der Waals surface area contributed by atoms with Crippen LogP contribution >= 0.6 is 23.2 Å². The normalized spacial score (nSPS) is 18.3. The van der Waals surface area contributed by atoms with Crippen LogP contribution in [-0.2, 0) is 9.59 Å². The van der Waals surface area contributed by atoms with Crippen LogP contribution < -0.4 is 4.90 Å². The van der Waals surface area contributed by atoms with Gasteiger partial charge in [-0.25, -0.2) is 0 Å². The first-order valence-corrected chi connectivity index (χ1v) is 9.80. The Hall–Kier alpha value is -3.09. The van der Waals surface area contributed by atoms with E-state index < -0.39 is 17.7 Å². The average Bonchev–Trinajstić information content (AvgIpc) is 3.25. The van der Waals surface area contributed by atoms with E-state index in [1.165, 1.54) is 4.90 Å². The van der Waals surface area contributed by atoms with Crippen LogP contribution in [0.5, 0.6) is 0 Å². The zero-order valence-electron chi connectivity index (χ0n) is 16.0. The van der Waals surface area contributed by atoms with Crippen LogP contribution in [0.1, 0.15) is 28.5 Å². The SMILES string of the molecule is Cc1ccc(C(O)=C2C(=O)C(=O)N(c3cc(C)on3)[C@@H]2c2ccc(Cl)c(Cl)c2)cc1. The van der Waals surface area contributed by atoms with Crippen molar-refractivity contribution < 1.29 is 19.2 Å². The molecule has 4 rings (SSSR count). The van der Waals surface area contributed by atoms with Gasteiger partial charge in [0, 0.05) is 11.6 Å². The van der Waals surface area contributed by atoms with Gasteiger partial charge >= 0.3 is 5.91 Å². The quantitative estimate of drug-likeness (QED) is 0.341. The van der Waals surface area contributed by atoms with Crippen molar-refractivity contribution >= 4 is 46.5 Å². The zero-order chi connectivity index (χ0) is 21.6. The Kier molecular flexibility index (Phi) is 5.13. The molecule has 0 unspecified atom stereocenters. The fourth-order valence-electron chi connectivity index (χ4n) is 3.40. The third-order valence-corrected chi connectivity index (χ3v) is 5.63. The summed E-state index contributed by atoms with van der Waals surface area (Å²) in [5.74, 6) is -1.31. The molecule has 1 fully saturated rings. The van der Waals surface area contributed by atoms with Gasteiger partial charge in [-0.1, -0.05) is 64.3 Å². The highest BCUT2D eigenvalue weighted by Crippen LogP contribution is 2.43. The summed E-state index contributed by atoms with van der Waals surface area (Å²) in [4.78, 5) is 27.1. The van der Waals surface area contributed by atoms with Crippen LogP contribution in [0.4, 0.5) is 5.82 Å². The van der Waals surface area contributed by atoms with Crippen LogP contribution in [0.2, 0.25) is 10.0 Å². The number of rotatable bonds is 3. The second-order valence-corrected chi connectivity index (χ2v) is 7.82. The minimum atomic E-state index is -0.953. The molecule has 2 aromatic carbocycles. The molecule has 2 heterocycles. The number of halogens is 2. The highest BCUT2D eigenvalue weighted by molar-refractivity contribution is 6.51. The van der Waals surface area contributed by atoms with Gasteiger partial charge in [-0.2, -0.15) is 0 Å².